The van der Waals surface area contributed by atoms with Crippen molar-refractivity contribution in [3.05, 3.63) is 34.8 Å². The first-order valence-electron chi connectivity index (χ1n) is 9.48. The Hall–Kier alpha value is -2.29. The van der Waals surface area contributed by atoms with Crippen LogP contribution in [0.5, 0.6) is 0 Å². The second-order valence-corrected chi connectivity index (χ2v) is 7.25. The first kappa shape index (κ1) is 20.4. The van der Waals surface area contributed by atoms with Gasteiger partial charge in [0.2, 0.25) is 0 Å². The average molecular weight is 399 g/mol. The topological polar surface area (TPSA) is 93.5 Å². The van der Waals surface area contributed by atoms with Crippen LogP contribution in [-0.4, -0.2) is 37.2 Å². The van der Waals surface area contributed by atoms with Gasteiger partial charge in [-0.1, -0.05) is 6.08 Å². The average Bonchev–Trinajstić information content (AvgIpc) is 2.68. The molecule has 154 valence electrons. The second kappa shape index (κ2) is 8.38. The molecule has 1 amide bonds. The lowest BCUT2D eigenvalue weighted by molar-refractivity contribution is -0.195. The number of primary amides is 1. The third kappa shape index (κ3) is 4.57. The van der Waals surface area contributed by atoms with Gasteiger partial charge in [0.15, 0.2) is 0 Å². The van der Waals surface area contributed by atoms with E-state index in [-0.39, 0.29) is 17.3 Å². The highest BCUT2D eigenvalue weighted by Crippen LogP contribution is 2.34. The third-order valence-electron chi connectivity index (χ3n) is 5.31. The van der Waals surface area contributed by atoms with Crippen LogP contribution in [0.25, 0.3) is 0 Å². The lowest BCUT2D eigenvalue weighted by atomic mass is 9.85. The Balaban J connectivity index is 1.99. The van der Waals surface area contributed by atoms with Gasteiger partial charge in [-0.2, -0.15) is 13.2 Å². The molecule has 0 spiro atoms. The van der Waals surface area contributed by atoms with Gasteiger partial charge in [0.05, 0.1) is 5.57 Å². The Morgan fingerprint density at radius 1 is 1.18 bits per heavy atom. The van der Waals surface area contributed by atoms with E-state index < -0.39 is 24.1 Å². The number of hydrogen-bond acceptors (Lipinski definition) is 5. The van der Waals surface area contributed by atoms with Crippen LogP contribution in [0.15, 0.2) is 34.8 Å². The number of piperidine rings is 1. The molecule has 3 aliphatic rings. The van der Waals surface area contributed by atoms with Gasteiger partial charge in [-0.25, -0.2) is 4.79 Å². The summed E-state index contributed by atoms with van der Waals surface area (Å²) in [6.45, 7) is 1.55. The van der Waals surface area contributed by atoms with Gasteiger partial charge in [0.25, 0.3) is 5.91 Å². The maximum absolute atomic E-state index is 12.7. The van der Waals surface area contributed by atoms with E-state index >= 15 is 0 Å². The summed E-state index contributed by atoms with van der Waals surface area (Å²) in [6, 6.07) is -0.709. The molecule has 6 nitrogen and oxygen atoms in total. The highest BCUT2D eigenvalue weighted by atomic mass is 19.4. The summed E-state index contributed by atoms with van der Waals surface area (Å²) in [5.74, 6) is -3.28. The van der Waals surface area contributed by atoms with Crippen LogP contribution in [0.2, 0.25) is 0 Å². The highest BCUT2D eigenvalue weighted by molar-refractivity contribution is 5.96. The van der Waals surface area contributed by atoms with Crippen molar-refractivity contribution in [1.82, 2.24) is 10.6 Å². The number of rotatable bonds is 4. The Labute approximate surface area is 161 Å². The van der Waals surface area contributed by atoms with Crippen molar-refractivity contribution in [2.24, 2.45) is 11.7 Å². The number of hydrogen-bond donors (Lipinski definition) is 3. The SMILES string of the molecule is NC(=O)C1=C(C2CCNCC2)NC(C2=CCCCC2)C(OC(=O)C(F)(F)F)=C1. The van der Waals surface area contributed by atoms with E-state index in [4.69, 9.17) is 5.73 Å². The smallest absolute Gasteiger partial charge is 0.422 e. The summed E-state index contributed by atoms with van der Waals surface area (Å²) < 4.78 is 42.9. The van der Waals surface area contributed by atoms with Crippen molar-refractivity contribution >= 4 is 11.9 Å². The van der Waals surface area contributed by atoms with E-state index in [9.17, 15) is 22.8 Å². The largest absolute Gasteiger partial charge is 0.491 e. The van der Waals surface area contributed by atoms with Crippen molar-refractivity contribution in [2.45, 2.75) is 50.7 Å². The minimum atomic E-state index is -5.13. The molecule has 1 unspecified atom stereocenters. The first-order valence-corrected chi connectivity index (χ1v) is 9.48. The predicted octanol–water partition coefficient (Wildman–Crippen LogP) is 2.19. The zero-order valence-corrected chi connectivity index (χ0v) is 15.4. The lowest BCUT2D eigenvalue weighted by Gasteiger charge is -2.36. The van der Waals surface area contributed by atoms with Crippen molar-refractivity contribution in [3.63, 3.8) is 0 Å². The van der Waals surface area contributed by atoms with Crippen LogP contribution in [0.4, 0.5) is 13.2 Å². The van der Waals surface area contributed by atoms with E-state index in [1.165, 1.54) is 6.08 Å². The molecular formula is C19H24F3N3O3. The van der Waals surface area contributed by atoms with E-state index in [0.29, 0.717) is 12.1 Å². The number of alkyl halides is 3. The van der Waals surface area contributed by atoms with E-state index in [2.05, 4.69) is 15.4 Å². The molecule has 1 fully saturated rings. The van der Waals surface area contributed by atoms with Gasteiger partial charge in [-0.15, -0.1) is 0 Å². The van der Waals surface area contributed by atoms with E-state index in [0.717, 1.165) is 50.8 Å². The molecule has 0 radical (unpaired) electrons. The molecule has 1 saturated heterocycles. The fraction of sp³-hybridized carbons (Fsp3) is 0.579. The van der Waals surface area contributed by atoms with Gasteiger partial charge in [0, 0.05) is 11.6 Å². The molecule has 9 heteroatoms. The second-order valence-electron chi connectivity index (χ2n) is 7.25. The Morgan fingerprint density at radius 2 is 1.89 bits per heavy atom. The molecule has 3 rings (SSSR count). The van der Waals surface area contributed by atoms with Crippen LogP contribution < -0.4 is 16.4 Å². The maximum Gasteiger partial charge on any atom is 0.491 e. The van der Waals surface area contributed by atoms with Crippen molar-refractivity contribution in [1.29, 1.82) is 0 Å². The number of carbonyl (C=O) groups is 2. The fourth-order valence-electron chi connectivity index (χ4n) is 3.91. The zero-order chi connectivity index (χ0) is 20.3. The summed E-state index contributed by atoms with van der Waals surface area (Å²) in [6.07, 6.45) is 2.99. The lowest BCUT2D eigenvalue weighted by Crippen LogP contribution is -2.44. The molecule has 28 heavy (non-hydrogen) atoms. The standard InChI is InChI=1S/C19H24F3N3O3/c20-19(21,22)18(27)28-14-10-13(17(23)26)15(12-6-8-24-9-7-12)25-16(14)11-4-2-1-3-5-11/h4,10,12,16,24-25H,1-3,5-9H2,(H2,23,26). The molecule has 1 atom stereocenters. The van der Waals surface area contributed by atoms with Crippen LogP contribution >= 0.6 is 0 Å². The summed E-state index contributed by atoms with van der Waals surface area (Å²) in [7, 11) is 0. The van der Waals surface area contributed by atoms with Gasteiger partial charge in [-0.3, -0.25) is 4.79 Å². The molecule has 0 bridgehead atoms. The molecule has 2 aliphatic heterocycles. The molecule has 2 heterocycles. The number of carbonyl (C=O) groups excluding carboxylic acids is 2. The third-order valence-corrected chi connectivity index (χ3v) is 5.31. The van der Waals surface area contributed by atoms with E-state index in [1.807, 2.05) is 6.08 Å². The Bertz CT molecular complexity index is 734. The number of dihydropyridines is 1. The molecular weight excluding hydrogens is 375 g/mol. The molecule has 4 N–H and O–H groups in total. The number of amides is 1. The minimum Gasteiger partial charge on any atom is -0.422 e. The van der Waals surface area contributed by atoms with Gasteiger partial charge < -0.3 is 21.1 Å². The van der Waals surface area contributed by atoms with E-state index in [1.54, 1.807) is 0 Å². The van der Waals surface area contributed by atoms with Gasteiger partial charge in [0.1, 0.15) is 11.8 Å². The number of nitrogens with two attached hydrogens (primary N) is 1. The van der Waals surface area contributed by atoms with Gasteiger partial charge >= 0.3 is 12.1 Å². The summed E-state index contributed by atoms with van der Waals surface area (Å²) >= 11 is 0. The van der Waals surface area contributed by atoms with Crippen LogP contribution in [0.1, 0.15) is 38.5 Å². The summed E-state index contributed by atoms with van der Waals surface area (Å²) in [5, 5.41) is 6.44. The Morgan fingerprint density at radius 3 is 2.46 bits per heavy atom. The first-order chi connectivity index (χ1) is 13.3. The fourth-order valence-corrected chi connectivity index (χ4v) is 3.91. The molecule has 1 aliphatic carbocycles. The number of esters is 1. The predicted molar refractivity (Wildman–Crippen MR) is 95.5 cm³/mol. The molecule has 0 aromatic heterocycles. The number of halogens is 3. The van der Waals surface area contributed by atoms with Crippen molar-refractivity contribution < 1.29 is 27.5 Å². The maximum atomic E-state index is 12.7. The monoisotopic (exact) mass is 399 g/mol. The summed E-state index contributed by atoms with van der Waals surface area (Å²) in [4.78, 5) is 23.5. The zero-order valence-electron chi connectivity index (χ0n) is 15.4. The highest BCUT2D eigenvalue weighted by Gasteiger charge is 2.43. The van der Waals surface area contributed by atoms with Crippen LogP contribution in [0, 0.1) is 5.92 Å². The van der Waals surface area contributed by atoms with Crippen molar-refractivity contribution in [3.8, 4) is 0 Å². The molecule has 0 aromatic rings. The van der Waals surface area contributed by atoms with Crippen LogP contribution in [-0.2, 0) is 14.3 Å². The number of allylic oxidation sites excluding steroid dienone is 2. The molecule has 0 saturated carbocycles. The summed E-state index contributed by atoms with van der Waals surface area (Å²) in [5.41, 5.74) is 7.05. The minimum absolute atomic E-state index is 0.0339. The quantitative estimate of drug-likeness (QED) is 0.498. The normalized spacial score (nSPS) is 24.2. The number of ether oxygens (including phenoxy) is 1. The molecule has 0 aromatic carbocycles. The van der Waals surface area contributed by atoms with Crippen molar-refractivity contribution in [2.75, 3.05) is 13.1 Å². The Kier molecular flexibility index (Phi) is 6.12. The van der Waals surface area contributed by atoms with Crippen LogP contribution in [0.3, 0.4) is 0 Å². The number of nitrogens with one attached hydrogen (secondary N) is 2. The van der Waals surface area contributed by atoms with Gasteiger partial charge in [-0.05, 0) is 63.3 Å².